The van der Waals surface area contributed by atoms with E-state index in [4.69, 9.17) is 0 Å². The van der Waals surface area contributed by atoms with Crippen LogP contribution >= 0.6 is 0 Å². The highest BCUT2D eigenvalue weighted by atomic mass is 16.2. The SMILES string of the molecule is Cc1ccc(NCc2cnc3ccccc3c2)cc1NC(=O)C(C)(C)C. The van der Waals surface area contributed by atoms with Crippen LogP contribution in [0.15, 0.2) is 54.7 Å². The zero-order chi connectivity index (χ0) is 18.7. The van der Waals surface area contributed by atoms with Crippen molar-refractivity contribution in [1.82, 2.24) is 4.98 Å². The summed E-state index contributed by atoms with van der Waals surface area (Å²) in [5.74, 6) is 0.0106. The Bertz CT molecular complexity index is 942. The molecule has 2 N–H and O–H groups in total. The second-order valence-electron chi connectivity index (χ2n) is 7.62. The summed E-state index contributed by atoms with van der Waals surface area (Å²) in [5, 5.41) is 7.57. The third-order valence-electron chi connectivity index (χ3n) is 4.31. The molecule has 3 rings (SSSR count). The molecule has 1 aromatic heterocycles. The Morgan fingerprint density at radius 2 is 1.85 bits per heavy atom. The number of fused-ring (bicyclic) bond motifs is 1. The topological polar surface area (TPSA) is 54.0 Å². The molecular weight excluding hydrogens is 322 g/mol. The van der Waals surface area contributed by atoms with Crippen LogP contribution in [0.5, 0.6) is 0 Å². The first-order valence-electron chi connectivity index (χ1n) is 8.82. The van der Waals surface area contributed by atoms with Gasteiger partial charge >= 0.3 is 0 Å². The fraction of sp³-hybridized carbons (Fsp3) is 0.273. The van der Waals surface area contributed by atoms with E-state index in [0.29, 0.717) is 6.54 Å². The van der Waals surface area contributed by atoms with Crippen molar-refractivity contribution < 1.29 is 4.79 Å². The second kappa shape index (κ2) is 7.16. The van der Waals surface area contributed by atoms with E-state index in [-0.39, 0.29) is 5.91 Å². The van der Waals surface area contributed by atoms with Crippen molar-refractivity contribution in [2.75, 3.05) is 10.6 Å². The Balaban J connectivity index is 1.73. The maximum absolute atomic E-state index is 12.3. The van der Waals surface area contributed by atoms with Crippen LogP contribution in [0.1, 0.15) is 31.9 Å². The summed E-state index contributed by atoms with van der Waals surface area (Å²) in [6.07, 6.45) is 1.89. The molecule has 26 heavy (non-hydrogen) atoms. The maximum atomic E-state index is 12.3. The third-order valence-corrected chi connectivity index (χ3v) is 4.31. The molecule has 2 aromatic carbocycles. The average Bonchev–Trinajstić information content (AvgIpc) is 2.61. The number of para-hydroxylation sites is 1. The van der Waals surface area contributed by atoms with Crippen molar-refractivity contribution in [3.63, 3.8) is 0 Å². The number of pyridine rings is 1. The lowest BCUT2D eigenvalue weighted by Gasteiger charge is -2.19. The zero-order valence-electron chi connectivity index (χ0n) is 15.8. The van der Waals surface area contributed by atoms with Crippen molar-refractivity contribution >= 4 is 28.2 Å². The largest absolute Gasteiger partial charge is 0.381 e. The number of nitrogens with zero attached hydrogens (tertiary/aromatic N) is 1. The highest BCUT2D eigenvalue weighted by Crippen LogP contribution is 2.24. The quantitative estimate of drug-likeness (QED) is 0.687. The van der Waals surface area contributed by atoms with Gasteiger partial charge in [0.05, 0.1) is 5.52 Å². The number of aromatic nitrogens is 1. The molecule has 0 saturated heterocycles. The Morgan fingerprint density at radius 1 is 1.08 bits per heavy atom. The molecule has 0 spiro atoms. The first kappa shape index (κ1) is 17.9. The summed E-state index contributed by atoms with van der Waals surface area (Å²) < 4.78 is 0. The number of hydrogen-bond acceptors (Lipinski definition) is 3. The van der Waals surface area contributed by atoms with Crippen molar-refractivity contribution in [2.45, 2.75) is 34.2 Å². The smallest absolute Gasteiger partial charge is 0.229 e. The summed E-state index contributed by atoms with van der Waals surface area (Å²) in [4.78, 5) is 16.8. The van der Waals surface area contributed by atoms with E-state index >= 15 is 0 Å². The number of benzene rings is 2. The van der Waals surface area contributed by atoms with Crippen LogP contribution < -0.4 is 10.6 Å². The average molecular weight is 347 g/mol. The fourth-order valence-electron chi connectivity index (χ4n) is 2.59. The van der Waals surface area contributed by atoms with Gasteiger partial charge in [-0.05, 0) is 42.3 Å². The summed E-state index contributed by atoms with van der Waals surface area (Å²) in [6.45, 7) is 8.40. The van der Waals surface area contributed by atoms with E-state index in [1.54, 1.807) is 0 Å². The van der Waals surface area contributed by atoms with Crippen LogP contribution in [0.4, 0.5) is 11.4 Å². The van der Waals surface area contributed by atoms with Gasteiger partial charge in [-0.15, -0.1) is 0 Å². The van der Waals surface area contributed by atoms with Gasteiger partial charge in [-0.1, -0.05) is 45.0 Å². The normalized spacial score (nSPS) is 11.4. The van der Waals surface area contributed by atoms with Gasteiger partial charge in [-0.2, -0.15) is 0 Å². The minimum Gasteiger partial charge on any atom is -0.381 e. The van der Waals surface area contributed by atoms with Crippen molar-refractivity contribution in [3.05, 3.63) is 65.9 Å². The van der Waals surface area contributed by atoms with Gasteiger partial charge in [0.1, 0.15) is 0 Å². The molecule has 0 aliphatic rings. The van der Waals surface area contributed by atoms with E-state index in [9.17, 15) is 4.79 Å². The fourth-order valence-corrected chi connectivity index (χ4v) is 2.59. The monoisotopic (exact) mass is 347 g/mol. The van der Waals surface area contributed by atoms with Gasteiger partial charge in [-0.3, -0.25) is 9.78 Å². The molecule has 0 unspecified atom stereocenters. The van der Waals surface area contributed by atoms with Gasteiger partial charge in [0.25, 0.3) is 0 Å². The van der Waals surface area contributed by atoms with Crippen LogP contribution in [0.3, 0.4) is 0 Å². The summed E-state index contributed by atoms with van der Waals surface area (Å²) >= 11 is 0. The number of amides is 1. The molecule has 1 amide bonds. The lowest BCUT2D eigenvalue weighted by molar-refractivity contribution is -0.123. The van der Waals surface area contributed by atoms with Crippen LogP contribution in [-0.4, -0.2) is 10.9 Å². The Hall–Kier alpha value is -2.88. The standard InChI is InChI=1S/C22H25N3O/c1-15-9-10-18(12-20(15)25-21(26)22(2,3)4)23-13-16-11-17-7-5-6-8-19(17)24-14-16/h5-12,14,23H,13H2,1-4H3,(H,25,26). The Morgan fingerprint density at radius 3 is 2.62 bits per heavy atom. The molecule has 4 heteroatoms. The molecule has 0 saturated carbocycles. The lowest BCUT2D eigenvalue weighted by atomic mass is 9.95. The van der Waals surface area contributed by atoms with Crippen LogP contribution in [0, 0.1) is 12.3 Å². The predicted molar refractivity (Wildman–Crippen MR) is 108 cm³/mol. The summed E-state index contributed by atoms with van der Waals surface area (Å²) in [7, 11) is 0. The number of carbonyl (C=O) groups is 1. The van der Waals surface area contributed by atoms with Crippen LogP contribution in [0.2, 0.25) is 0 Å². The highest BCUT2D eigenvalue weighted by molar-refractivity contribution is 5.95. The van der Waals surface area contributed by atoms with Crippen LogP contribution in [-0.2, 0) is 11.3 Å². The molecule has 3 aromatic rings. The number of nitrogens with one attached hydrogen (secondary N) is 2. The summed E-state index contributed by atoms with van der Waals surface area (Å²) in [6, 6.07) is 16.3. The van der Waals surface area contributed by atoms with Gasteiger partial charge < -0.3 is 10.6 Å². The summed E-state index contributed by atoms with van der Waals surface area (Å²) in [5.41, 5.74) is 4.54. The van der Waals surface area contributed by atoms with E-state index in [1.165, 1.54) is 0 Å². The highest BCUT2D eigenvalue weighted by Gasteiger charge is 2.21. The molecule has 0 aliphatic carbocycles. The maximum Gasteiger partial charge on any atom is 0.229 e. The minimum absolute atomic E-state index is 0.0106. The van der Waals surface area contributed by atoms with Crippen molar-refractivity contribution in [1.29, 1.82) is 0 Å². The molecule has 0 radical (unpaired) electrons. The number of aryl methyl sites for hydroxylation is 1. The molecule has 4 nitrogen and oxygen atoms in total. The van der Waals surface area contributed by atoms with E-state index in [2.05, 4.69) is 27.8 Å². The zero-order valence-corrected chi connectivity index (χ0v) is 15.8. The first-order chi connectivity index (χ1) is 12.3. The molecule has 0 atom stereocenters. The van der Waals surface area contributed by atoms with E-state index < -0.39 is 5.41 Å². The molecule has 1 heterocycles. The third kappa shape index (κ3) is 4.20. The number of hydrogen-bond donors (Lipinski definition) is 2. The number of carbonyl (C=O) groups excluding carboxylic acids is 1. The van der Waals surface area contributed by atoms with E-state index in [0.717, 1.165) is 33.4 Å². The number of rotatable bonds is 4. The Labute approximate surface area is 154 Å². The first-order valence-corrected chi connectivity index (χ1v) is 8.82. The molecule has 0 aliphatic heterocycles. The minimum atomic E-state index is -0.424. The lowest BCUT2D eigenvalue weighted by Crippen LogP contribution is -2.27. The number of anilines is 2. The molecule has 0 bridgehead atoms. The van der Waals surface area contributed by atoms with Gasteiger partial charge in [0.15, 0.2) is 0 Å². The van der Waals surface area contributed by atoms with Crippen molar-refractivity contribution in [2.24, 2.45) is 5.41 Å². The van der Waals surface area contributed by atoms with Gasteiger partial charge in [0, 0.05) is 34.9 Å². The van der Waals surface area contributed by atoms with Crippen LogP contribution in [0.25, 0.3) is 10.9 Å². The molecule has 134 valence electrons. The van der Waals surface area contributed by atoms with E-state index in [1.807, 2.05) is 70.3 Å². The predicted octanol–water partition coefficient (Wildman–Crippen LogP) is 5.14. The Kier molecular flexibility index (Phi) is 4.94. The molecular formula is C22H25N3O. The van der Waals surface area contributed by atoms with Gasteiger partial charge in [-0.25, -0.2) is 0 Å². The second-order valence-corrected chi connectivity index (χ2v) is 7.62. The van der Waals surface area contributed by atoms with Gasteiger partial charge in [0.2, 0.25) is 5.91 Å². The van der Waals surface area contributed by atoms with Crippen molar-refractivity contribution in [3.8, 4) is 0 Å². The molecule has 0 fully saturated rings.